The van der Waals surface area contributed by atoms with E-state index in [1.54, 1.807) is 6.07 Å². The number of aliphatic hydroxyl groups is 1. The molecule has 7 rings (SSSR count). The Labute approximate surface area is 198 Å². The molecule has 7 nitrogen and oxygen atoms in total. The summed E-state index contributed by atoms with van der Waals surface area (Å²) in [6, 6.07) is 11.2. The molecule has 0 saturated carbocycles. The molecule has 0 radical (unpaired) electrons. The van der Waals surface area contributed by atoms with Gasteiger partial charge in [0.15, 0.2) is 17.6 Å². The number of piperidine rings is 1. The largest absolute Gasteiger partial charge is 0.504 e. The number of hydrogen-bond acceptors (Lipinski definition) is 6. The molecule has 2 aliphatic carbocycles. The van der Waals surface area contributed by atoms with Gasteiger partial charge in [-0.05, 0) is 37.1 Å². The Morgan fingerprint density at radius 3 is 2.82 bits per heavy atom. The fraction of sp³-hybridized carbons (Fsp3) is 0.407. The van der Waals surface area contributed by atoms with E-state index in [4.69, 9.17) is 9.72 Å². The van der Waals surface area contributed by atoms with Crippen LogP contribution in [0.25, 0.3) is 10.9 Å². The minimum absolute atomic E-state index is 0.0938. The predicted octanol–water partition coefficient (Wildman–Crippen LogP) is 3.50. The molecule has 2 aromatic carbocycles. The van der Waals surface area contributed by atoms with Crippen LogP contribution < -0.4 is 15.4 Å². The van der Waals surface area contributed by atoms with Crippen molar-refractivity contribution in [3.05, 3.63) is 58.8 Å². The Hall–Kier alpha value is -3.16. The molecule has 2 unspecified atom stereocenters. The van der Waals surface area contributed by atoms with Crippen molar-refractivity contribution in [3.8, 4) is 11.5 Å². The molecule has 3 heterocycles. The standard InChI is InChI=1S/C25H23N3O4.C2H6/c1-12(29)27-20-14-4-2-3-5-16(14)28-21-15(20)11-25(31)18-10-13-6-7-17(30)22-19(13)24(25,8-9-26-18)23(21)32-22;1-2/h2-7,18,23,26,30-31H,8-11H2,1H3,(H,27,28,29);1-2H3/t18-,23?,24+,25?;/m1./s1. The molecule has 2 aliphatic heterocycles. The van der Waals surface area contributed by atoms with E-state index in [0.717, 1.165) is 39.8 Å². The topological polar surface area (TPSA) is 104 Å². The highest BCUT2D eigenvalue weighted by atomic mass is 16.5. The third-order valence-electron chi connectivity index (χ3n) is 8.06. The maximum absolute atomic E-state index is 12.4. The van der Waals surface area contributed by atoms with E-state index in [1.165, 1.54) is 6.92 Å². The van der Waals surface area contributed by atoms with Gasteiger partial charge in [-0.3, -0.25) is 4.79 Å². The predicted molar refractivity (Wildman–Crippen MR) is 129 cm³/mol. The van der Waals surface area contributed by atoms with E-state index in [1.807, 2.05) is 44.2 Å². The molecule has 1 spiro atoms. The van der Waals surface area contributed by atoms with Crippen LogP contribution in [-0.4, -0.2) is 39.3 Å². The van der Waals surface area contributed by atoms with Gasteiger partial charge in [0.05, 0.1) is 27.9 Å². The van der Waals surface area contributed by atoms with Crippen LogP contribution in [0, 0.1) is 0 Å². The van der Waals surface area contributed by atoms with Gasteiger partial charge in [0.1, 0.15) is 0 Å². The summed E-state index contributed by atoms with van der Waals surface area (Å²) in [5.41, 5.74) is 3.22. The number of hydrogen-bond donors (Lipinski definition) is 4. The summed E-state index contributed by atoms with van der Waals surface area (Å²) in [6.45, 7) is 6.24. The molecular weight excluding hydrogens is 430 g/mol. The minimum Gasteiger partial charge on any atom is -0.504 e. The van der Waals surface area contributed by atoms with Gasteiger partial charge in [-0.15, -0.1) is 0 Å². The Morgan fingerprint density at radius 2 is 2.03 bits per heavy atom. The van der Waals surface area contributed by atoms with Crippen LogP contribution in [0.1, 0.15) is 55.7 Å². The van der Waals surface area contributed by atoms with Gasteiger partial charge in [-0.2, -0.15) is 0 Å². The summed E-state index contributed by atoms with van der Waals surface area (Å²) < 4.78 is 6.50. The van der Waals surface area contributed by atoms with Crippen LogP contribution in [0.4, 0.5) is 5.69 Å². The third kappa shape index (κ3) is 2.43. The lowest BCUT2D eigenvalue weighted by atomic mass is 9.49. The van der Waals surface area contributed by atoms with Gasteiger partial charge in [-0.1, -0.05) is 38.1 Å². The van der Waals surface area contributed by atoms with Crippen molar-refractivity contribution < 1.29 is 19.7 Å². The van der Waals surface area contributed by atoms with E-state index in [-0.39, 0.29) is 17.7 Å². The summed E-state index contributed by atoms with van der Waals surface area (Å²) in [5.74, 6) is 0.389. The molecule has 2 bridgehead atoms. The number of pyridine rings is 1. The summed E-state index contributed by atoms with van der Waals surface area (Å²) >= 11 is 0. The zero-order chi connectivity index (χ0) is 23.8. The maximum Gasteiger partial charge on any atom is 0.221 e. The lowest BCUT2D eigenvalue weighted by molar-refractivity contribution is -0.134. The number of benzene rings is 2. The average Bonchev–Trinajstić information content (AvgIpc) is 3.17. The number of phenols is 1. The molecular formula is C27H29N3O4. The van der Waals surface area contributed by atoms with Crippen molar-refractivity contribution >= 4 is 22.5 Å². The van der Waals surface area contributed by atoms with Gasteiger partial charge in [-0.25, -0.2) is 4.98 Å². The number of carbonyl (C=O) groups is 1. The summed E-state index contributed by atoms with van der Waals surface area (Å²) in [7, 11) is 0. The van der Waals surface area contributed by atoms with Crippen molar-refractivity contribution in [2.75, 3.05) is 11.9 Å². The molecule has 4 aliphatic rings. The SMILES string of the molecule is CC.CC(=O)Nc1c2c(nc3ccccc13)C1Oc3c(O)ccc4c3[C@@]13CCN[C@H](C4)C3(O)C2. The molecule has 1 aromatic heterocycles. The lowest BCUT2D eigenvalue weighted by Gasteiger charge is -2.60. The second kappa shape index (κ2) is 7.17. The van der Waals surface area contributed by atoms with Crippen LogP contribution in [-0.2, 0) is 23.1 Å². The number of anilines is 1. The highest BCUT2D eigenvalue weighted by molar-refractivity contribution is 6.02. The number of phenolic OH excluding ortho intramolecular Hbond substituents is 1. The average molecular weight is 460 g/mol. The number of nitrogens with one attached hydrogen (secondary N) is 2. The molecule has 1 saturated heterocycles. The molecule has 1 fully saturated rings. The first-order valence-electron chi connectivity index (χ1n) is 12.1. The molecule has 4 N–H and O–H groups in total. The van der Waals surface area contributed by atoms with Crippen LogP contribution >= 0.6 is 0 Å². The fourth-order valence-electron chi connectivity index (χ4n) is 6.87. The summed E-state index contributed by atoms with van der Waals surface area (Å²) in [4.78, 5) is 17.2. The number of aromatic nitrogens is 1. The van der Waals surface area contributed by atoms with Crippen molar-refractivity contribution in [2.24, 2.45) is 0 Å². The summed E-state index contributed by atoms with van der Waals surface area (Å²) in [5, 5.41) is 30.5. The molecule has 4 atom stereocenters. The number of rotatable bonds is 1. The Balaban J connectivity index is 0.00000106. The normalized spacial score (nSPS) is 29.3. The number of para-hydroxylation sites is 1. The van der Waals surface area contributed by atoms with Crippen molar-refractivity contribution in [2.45, 2.75) is 63.2 Å². The molecule has 34 heavy (non-hydrogen) atoms. The zero-order valence-electron chi connectivity index (χ0n) is 19.6. The van der Waals surface area contributed by atoms with E-state index < -0.39 is 17.1 Å². The van der Waals surface area contributed by atoms with E-state index in [0.29, 0.717) is 30.7 Å². The Bertz CT molecular complexity index is 1360. The molecule has 1 amide bonds. The lowest BCUT2D eigenvalue weighted by Crippen LogP contribution is -2.74. The number of ether oxygens (including phenoxy) is 1. The van der Waals surface area contributed by atoms with E-state index >= 15 is 0 Å². The van der Waals surface area contributed by atoms with Crippen molar-refractivity contribution in [1.29, 1.82) is 0 Å². The first kappa shape index (κ1) is 21.4. The second-order valence-electron chi connectivity index (χ2n) is 9.53. The number of nitrogens with zero attached hydrogens (tertiary/aromatic N) is 1. The monoisotopic (exact) mass is 459 g/mol. The molecule has 7 heteroatoms. The maximum atomic E-state index is 12.4. The number of aromatic hydroxyl groups is 1. The molecule has 3 aromatic rings. The first-order valence-corrected chi connectivity index (χ1v) is 12.1. The van der Waals surface area contributed by atoms with Crippen LogP contribution in [0.5, 0.6) is 11.5 Å². The second-order valence-corrected chi connectivity index (χ2v) is 9.53. The smallest absolute Gasteiger partial charge is 0.221 e. The first-order chi connectivity index (χ1) is 16.4. The van der Waals surface area contributed by atoms with Crippen molar-refractivity contribution in [1.82, 2.24) is 10.3 Å². The fourth-order valence-corrected chi connectivity index (χ4v) is 6.87. The number of carbonyl (C=O) groups excluding carboxylic acids is 1. The van der Waals surface area contributed by atoms with Crippen molar-refractivity contribution in [3.63, 3.8) is 0 Å². The Morgan fingerprint density at radius 1 is 1.24 bits per heavy atom. The van der Waals surface area contributed by atoms with Gasteiger partial charge in [0.25, 0.3) is 0 Å². The summed E-state index contributed by atoms with van der Waals surface area (Å²) in [6.07, 6.45) is 1.14. The van der Waals surface area contributed by atoms with E-state index in [9.17, 15) is 15.0 Å². The highest BCUT2D eigenvalue weighted by Gasteiger charge is 2.71. The van der Waals surface area contributed by atoms with Crippen LogP contribution in [0.2, 0.25) is 0 Å². The van der Waals surface area contributed by atoms with Crippen LogP contribution in [0.3, 0.4) is 0 Å². The highest BCUT2D eigenvalue weighted by Crippen LogP contribution is 2.68. The minimum atomic E-state index is -1.13. The third-order valence-corrected chi connectivity index (χ3v) is 8.06. The van der Waals surface area contributed by atoms with Gasteiger partial charge >= 0.3 is 0 Å². The Kier molecular flexibility index (Phi) is 4.51. The van der Waals surface area contributed by atoms with Crippen LogP contribution in [0.15, 0.2) is 36.4 Å². The van der Waals surface area contributed by atoms with Gasteiger partial charge < -0.3 is 25.6 Å². The quantitative estimate of drug-likeness (QED) is 0.444. The number of fused-ring (bicyclic) bond motifs is 3. The zero-order valence-corrected chi connectivity index (χ0v) is 19.6. The number of amides is 1. The van der Waals surface area contributed by atoms with E-state index in [2.05, 4.69) is 10.6 Å². The molecule has 176 valence electrons. The van der Waals surface area contributed by atoms with Gasteiger partial charge in [0.2, 0.25) is 5.91 Å². The van der Waals surface area contributed by atoms with Gasteiger partial charge in [0, 0.05) is 35.9 Å².